The Kier molecular flexibility index (Phi) is 4.63. The van der Waals surface area contributed by atoms with Gasteiger partial charge in [-0.1, -0.05) is 11.6 Å². The van der Waals surface area contributed by atoms with Gasteiger partial charge in [0.15, 0.2) is 6.10 Å². The summed E-state index contributed by atoms with van der Waals surface area (Å²) < 4.78 is 23.7. The molecule has 106 valence electrons. The molecule has 1 aromatic carbocycles. The van der Waals surface area contributed by atoms with Crippen LogP contribution < -0.4 is 10.1 Å². The Morgan fingerprint density at radius 2 is 2.30 bits per heavy atom. The highest BCUT2D eigenvalue weighted by atomic mass is 35.5. The molecule has 1 N–H and O–H groups in total. The monoisotopic (exact) mass is 297 g/mol. The van der Waals surface area contributed by atoms with Crippen LogP contribution in [-0.2, 0) is 11.3 Å². The normalized spacial score (nSPS) is 11.9. The van der Waals surface area contributed by atoms with Crippen molar-refractivity contribution in [2.45, 2.75) is 19.6 Å². The molecule has 2 rings (SSSR count). The van der Waals surface area contributed by atoms with Gasteiger partial charge in [0, 0.05) is 6.07 Å². The van der Waals surface area contributed by atoms with Crippen LogP contribution in [0.2, 0.25) is 5.02 Å². The van der Waals surface area contributed by atoms with E-state index in [9.17, 15) is 9.18 Å². The maximum Gasteiger partial charge on any atom is 0.261 e. The summed E-state index contributed by atoms with van der Waals surface area (Å²) in [6, 6.07) is 7.50. The van der Waals surface area contributed by atoms with Crippen molar-refractivity contribution in [3.05, 3.63) is 53.2 Å². The topological polar surface area (TPSA) is 51.5 Å². The number of benzene rings is 1. The Morgan fingerprint density at radius 3 is 2.95 bits per heavy atom. The lowest BCUT2D eigenvalue weighted by Crippen LogP contribution is -2.35. The summed E-state index contributed by atoms with van der Waals surface area (Å²) in [5.41, 5.74) is 0. The number of amides is 1. The van der Waals surface area contributed by atoms with Gasteiger partial charge in [0.1, 0.15) is 17.3 Å². The second-order valence-corrected chi connectivity index (χ2v) is 4.54. The number of hydrogen-bond acceptors (Lipinski definition) is 3. The third kappa shape index (κ3) is 3.74. The van der Waals surface area contributed by atoms with Crippen molar-refractivity contribution in [2.24, 2.45) is 0 Å². The van der Waals surface area contributed by atoms with Gasteiger partial charge in [0.05, 0.1) is 17.8 Å². The minimum atomic E-state index is -0.759. The summed E-state index contributed by atoms with van der Waals surface area (Å²) in [4.78, 5) is 11.8. The highest BCUT2D eigenvalue weighted by molar-refractivity contribution is 6.30. The van der Waals surface area contributed by atoms with Crippen LogP contribution in [0.1, 0.15) is 12.7 Å². The molecule has 4 nitrogen and oxygen atoms in total. The van der Waals surface area contributed by atoms with Gasteiger partial charge in [-0.3, -0.25) is 4.79 Å². The predicted molar refractivity (Wildman–Crippen MR) is 72.1 cm³/mol. The van der Waals surface area contributed by atoms with Crippen LogP contribution in [0, 0.1) is 5.82 Å². The first-order chi connectivity index (χ1) is 9.56. The van der Waals surface area contributed by atoms with Crippen LogP contribution in [0.3, 0.4) is 0 Å². The van der Waals surface area contributed by atoms with Crippen LogP contribution >= 0.6 is 11.6 Å². The van der Waals surface area contributed by atoms with E-state index in [1.54, 1.807) is 19.1 Å². The Hall–Kier alpha value is -2.01. The maximum atomic E-state index is 13.2. The minimum Gasteiger partial charge on any atom is -0.481 e. The van der Waals surface area contributed by atoms with Gasteiger partial charge >= 0.3 is 0 Å². The molecule has 1 heterocycles. The van der Waals surface area contributed by atoms with Gasteiger partial charge in [0.25, 0.3) is 5.91 Å². The van der Waals surface area contributed by atoms with Crippen molar-refractivity contribution >= 4 is 17.5 Å². The second-order valence-electron chi connectivity index (χ2n) is 4.13. The molecule has 2 aromatic rings. The number of carbonyl (C=O) groups excluding carboxylic acids is 1. The van der Waals surface area contributed by atoms with Gasteiger partial charge in [-0.25, -0.2) is 4.39 Å². The molecule has 0 aliphatic rings. The number of furan rings is 1. The second kappa shape index (κ2) is 6.43. The van der Waals surface area contributed by atoms with Crippen LogP contribution in [0.4, 0.5) is 4.39 Å². The molecule has 0 spiro atoms. The fourth-order valence-corrected chi connectivity index (χ4v) is 1.66. The summed E-state index contributed by atoms with van der Waals surface area (Å²) >= 11 is 5.57. The lowest BCUT2D eigenvalue weighted by atomic mass is 10.3. The van der Waals surface area contributed by atoms with E-state index >= 15 is 0 Å². The molecule has 1 aromatic heterocycles. The fraction of sp³-hybridized carbons (Fsp3) is 0.214. The van der Waals surface area contributed by atoms with E-state index in [4.69, 9.17) is 20.8 Å². The summed E-state index contributed by atoms with van der Waals surface area (Å²) in [6.07, 6.45) is 0.767. The van der Waals surface area contributed by atoms with Crippen molar-refractivity contribution in [1.82, 2.24) is 5.32 Å². The van der Waals surface area contributed by atoms with Crippen LogP contribution in [-0.4, -0.2) is 12.0 Å². The molecule has 0 aliphatic heterocycles. The summed E-state index contributed by atoms with van der Waals surface area (Å²) in [5, 5.41) is 2.66. The first kappa shape index (κ1) is 14.4. The van der Waals surface area contributed by atoms with E-state index in [1.807, 2.05) is 0 Å². The number of nitrogens with one attached hydrogen (secondary N) is 1. The molecule has 6 heteroatoms. The largest absolute Gasteiger partial charge is 0.481 e. The molecule has 0 bridgehead atoms. The van der Waals surface area contributed by atoms with E-state index in [1.165, 1.54) is 18.4 Å². The number of rotatable bonds is 5. The Bertz CT molecular complexity index is 586. The van der Waals surface area contributed by atoms with E-state index in [-0.39, 0.29) is 23.2 Å². The molecule has 0 aliphatic carbocycles. The predicted octanol–water partition coefficient (Wildman–Crippen LogP) is 3.16. The summed E-state index contributed by atoms with van der Waals surface area (Å²) in [5.74, 6) is -0.0280. The number of carbonyl (C=O) groups is 1. The average Bonchev–Trinajstić information content (AvgIpc) is 2.93. The maximum absolute atomic E-state index is 13.2. The van der Waals surface area contributed by atoms with E-state index < -0.39 is 11.9 Å². The van der Waals surface area contributed by atoms with Gasteiger partial charge in [-0.05, 0) is 31.2 Å². The molecule has 0 fully saturated rings. The fourth-order valence-electron chi connectivity index (χ4n) is 1.54. The highest BCUT2D eigenvalue weighted by Gasteiger charge is 2.15. The average molecular weight is 298 g/mol. The standard InChI is InChI=1S/C14H13ClFNO3/c1-9(14(18)17-8-11-3-2-6-19-11)20-10-4-5-12(15)13(16)7-10/h2-7,9H,8H2,1H3,(H,17,18). The quantitative estimate of drug-likeness (QED) is 0.922. The summed E-state index contributed by atoms with van der Waals surface area (Å²) in [6.45, 7) is 1.85. The smallest absolute Gasteiger partial charge is 0.261 e. The molecule has 0 saturated heterocycles. The van der Waals surface area contributed by atoms with Crippen molar-refractivity contribution < 1.29 is 18.3 Å². The third-order valence-electron chi connectivity index (χ3n) is 2.59. The molecular formula is C14H13ClFNO3. The van der Waals surface area contributed by atoms with Crippen LogP contribution in [0.15, 0.2) is 41.0 Å². The molecule has 1 atom stereocenters. The molecule has 1 amide bonds. The molecular weight excluding hydrogens is 285 g/mol. The van der Waals surface area contributed by atoms with E-state index in [0.717, 1.165) is 6.07 Å². The minimum absolute atomic E-state index is 0.00674. The van der Waals surface area contributed by atoms with Gasteiger partial charge < -0.3 is 14.5 Å². The molecule has 0 radical (unpaired) electrons. The van der Waals surface area contributed by atoms with Crippen molar-refractivity contribution in [1.29, 1.82) is 0 Å². The lowest BCUT2D eigenvalue weighted by molar-refractivity contribution is -0.127. The van der Waals surface area contributed by atoms with Gasteiger partial charge in [0.2, 0.25) is 0 Å². The third-order valence-corrected chi connectivity index (χ3v) is 2.90. The Morgan fingerprint density at radius 1 is 1.50 bits per heavy atom. The number of hydrogen-bond donors (Lipinski definition) is 1. The van der Waals surface area contributed by atoms with Crippen molar-refractivity contribution in [3.8, 4) is 5.75 Å². The number of halogens is 2. The Balaban J connectivity index is 1.88. The lowest BCUT2D eigenvalue weighted by Gasteiger charge is -2.14. The first-order valence-corrected chi connectivity index (χ1v) is 6.36. The van der Waals surface area contributed by atoms with Gasteiger partial charge in [-0.2, -0.15) is 0 Å². The molecule has 20 heavy (non-hydrogen) atoms. The zero-order valence-corrected chi connectivity index (χ0v) is 11.5. The van der Waals surface area contributed by atoms with Gasteiger partial charge in [-0.15, -0.1) is 0 Å². The van der Waals surface area contributed by atoms with Crippen LogP contribution in [0.25, 0.3) is 0 Å². The highest BCUT2D eigenvalue weighted by Crippen LogP contribution is 2.21. The zero-order chi connectivity index (χ0) is 14.5. The van der Waals surface area contributed by atoms with Crippen LogP contribution in [0.5, 0.6) is 5.75 Å². The van der Waals surface area contributed by atoms with E-state index in [2.05, 4.69) is 5.32 Å². The van der Waals surface area contributed by atoms with Crippen molar-refractivity contribution in [3.63, 3.8) is 0 Å². The SMILES string of the molecule is CC(Oc1ccc(Cl)c(F)c1)C(=O)NCc1ccco1. The first-order valence-electron chi connectivity index (χ1n) is 5.98. The van der Waals surface area contributed by atoms with Crippen molar-refractivity contribution in [2.75, 3.05) is 0 Å². The van der Waals surface area contributed by atoms with E-state index in [0.29, 0.717) is 5.76 Å². The molecule has 0 saturated carbocycles. The Labute approximate surface area is 120 Å². The molecule has 1 unspecified atom stereocenters. The number of ether oxygens (including phenoxy) is 1. The zero-order valence-electron chi connectivity index (χ0n) is 10.7. The summed E-state index contributed by atoms with van der Waals surface area (Å²) in [7, 11) is 0.